The van der Waals surface area contributed by atoms with Crippen molar-refractivity contribution < 1.29 is 9.53 Å². The monoisotopic (exact) mass is 428 g/mol. The third-order valence-electron chi connectivity index (χ3n) is 4.82. The zero-order valence-electron chi connectivity index (χ0n) is 16.0. The topological polar surface area (TPSA) is 58.6 Å². The fourth-order valence-corrected chi connectivity index (χ4v) is 4.29. The van der Waals surface area contributed by atoms with Crippen molar-refractivity contribution in [2.24, 2.45) is 0 Å². The average molecular weight is 429 g/mol. The van der Waals surface area contributed by atoms with Crippen LogP contribution in [-0.2, 0) is 11.2 Å². The van der Waals surface area contributed by atoms with Gasteiger partial charge in [-0.1, -0.05) is 23.7 Å². The number of ether oxygens (including phenoxy) is 1. The van der Waals surface area contributed by atoms with E-state index < -0.39 is 0 Å². The predicted molar refractivity (Wildman–Crippen MR) is 115 cm³/mol. The van der Waals surface area contributed by atoms with Gasteiger partial charge in [-0.15, -0.1) is 11.3 Å². The van der Waals surface area contributed by atoms with E-state index in [4.69, 9.17) is 16.3 Å². The summed E-state index contributed by atoms with van der Waals surface area (Å²) in [5, 5.41) is 2.61. The maximum absolute atomic E-state index is 12.7. The Morgan fingerprint density at radius 3 is 2.90 bits per heavy atom. The predicted octanol–water partition coefficient (Wildman–Crippen LogP) is 4.26. The van der Waals surface area contributed by atoms with Crippen LogP contribution in [-0.4, -0.2) is 46.5 Å². The molecule has 3 heterocycles. The lowest BCUT2D eigenvalue weighted by molar-refractivity contribution is -0.132. The summed E-state index contributed by atoms with van der Waals surface area (Å²) in [5.74, 6) is 2.04. The van der Waals surface area contributed by atoms with Gasteiger partial charge < -0.3 is 14.5 Å². The molecule has 1 aliphatic rings. The van der Waals surface area contributed by atoms with Gasteiger partial charge in [-0.2, -0.15) is 0 Å². The minimum absolute atomic E-state index is 0.100. The molecule has 4 rings (SSSR count). The number of carbonyl (C=O) groups excluding carboxylic acids is 1. The van der Waals surface area contributed by atoms with E-state index in [9.17, 15) is 4.79 Å². The molecule has 1 fully saturated rings. The van der Waals surface area contributed by atoms with Gasteiger partial charge in [-0.3, -0.25) is 4.79 Å². The summed E-state index contributed by atoms with van der Waals surface area (Å²) in [5.41, 5.74) is 0. The van der Waals surface area contributed by atoms with Crippen LogP contribution in [0, 0.1) is 0 Å². The van der Waals surface area contributed by atoms with Crippen LogP contribution in [0.25, 0.3) is 0 Å². The summed E-state index contributed by atoms with van der Waals surface area (Å²) in [6.07, 6.45) is 1.96. The molecule has 1 saturated heterocycles. The van der Waals surface area contributed by atoms with Gasteiger partial charge >= 0.3 is 0 Å². The number of carbonyl (C=O) groups is 1. The van der Waals surface area contributed by atoms with E-state index in [1.165, 1.54) is 6.33 Å². The van der Waals surface area contributed by atoms with Crippen molar-refractivity contribution in [1.82, 2.24) is 14.9 Å². The maximum Gasteiger partial charge on any atom is 0.228 e. The molecule has 8 heteroatoms. The third-order valence-corrected chi connectivity index (χ3v) is 5.93. The Balaban J connectivity index is 1.40. The first-order valence-corrected chi connectivity index (χ1v) is 10.7. The van der Waals surface area contributed by atoms with Crippen molar-refractivity contribution in [3.63, 3.8) is 0 Å². The molecule has 0 saturated carbocycles. The van der Waals surface area contributed by atoms with Crippen LogP contribution in [0.3, 0.4) is 0 Å². The second-order valence-electron chi connectivity index (χ2n) is 6.91. The van der Waals surface area contributed by atoms with Crippen molar-refractivity contribution in [2.45, 2.75) is 19.4 Å². The molecular weight excluding hydrogens is 408 g/mol. The van der Waals surface area contributed by atoms with Crippen LogP contribution in [0.1, 0.15) is 11.8 Å². The van der Waals surface area contributed by atoms with E-state index in [1.54, 1.807) is 23.5 Å². The molecule has 29 heavy (non-hydrogen) atoms. The molecule has 6 nitrogen and oxygen atoms in total. The first kappa shape index (κ1) is 19.7. The molecule has 0 unspecified atom stereocenters. The van der Waals surface area contributed by atoms with E-state index in [2.05, 4.69) is 21.8 Å². The number of anilines is 1. The second kappa shape index (κ2) is 8.80. The lowest BCUT2D eigenvalue weighted by Crippen LogP contribution is -2.54. The van der Waals surface area contributed by atoms with Crippen molar-refractivity contribution in [3.8, 4) is 11.6 Å². The number of hydrogen-bond donors (Lipinski definition) is 0. The molecule has 150 valence electrons. The number of halogens is 1. The highest BCUT2D eigenvalue weighted by atomic mass is 35.5. The van der Waals surface area contributed by atoms with Crippen LogP contribution >= 0.6 is 22.9 Å². The number of benzene rings is 1. The van der Waals surface area contributed by atoms with Crippen molar-refractivity contribution in [2.75, 3.05) is 24.5 Å². The Labute approximate surface area is 178 Å². The van der Waals surface area contributed by atoms with E-state index in [1.807, 2.05) is 40.6 Å². The molecule has 1 aliphatic heterocycles. The minimum Gasteiger partial charge on any atom is -0.439 e. The summed E-state index contributed by atoms with van der Waals surface area (Å²) in [4.78, 5) is 26.5. The Kier molecular flexibility index (Phi) is 5.97. The number of hydrogen-bond acceptors (Lipinski definition) is 6. The summed E-state index contributed by atoms with van der Waals surface area (Å²) in [6.45, 7) is 4.17. The van der Waals surface area contributed by atoms with E-state index in [0.29, 0.717) is 42.7 Å². The number of aromatic nitrogens is 2. The Hall–Kier alpha value is -2.64. The highest BCUT2D eigenvalue weighted by Gasteiger charge is 2.28. The summed E-state index contributed by atoms with van der Waals surface area (Å²) >= 11 is 7.63. The van der Waals surface area contributed by atoms with Crippen LogP contribution < -0.4 is 9.64 Å². The smallest absolute Gasteiger partial charge is 0.228 e. The number of amides is 1. The lowest BCUT2D eigenvalue weighted by Gasteiger charge is -2.40. The van der Waals surface area contributed by atoms with Gasteiger partial charge in [0, 0.05) is 41.6 Å². The molecule has 1 atom stereocenters. The summed E-state index contributed by atoms with van der Waals surface area (Å²) in [7, 11) is 0. The molecule has 0 N–H and O–H groups in total. The molecule has 0 aliphatic carbocycles. The normalized spacial score (nSPS) is 16.7. The molecule has 3 aromatic rings. The zero-order chi connectivity index (χ0) is 20.2. The Bertz CT molecular complexity index is 982. The summed E-state index contributed by atoms with van der Waals surface area (Å²) in [6, 6.07) is 13.1. The maximum atomic E-state index is 12.7. The number of piperazine rings is 1. The van der Waals surface area contributed by atoms with Crippen molar-refractivity contribution in [1.29, 1.82) is 0 Å². The third kappa shape index (κ3) is 4.86. The van der Waals surface area contributed by atoms with Crippen molar-refractivity contribution >= 4 is 34.7 Å². The lowest BCUT2D eigenvalue weighted by atomic mass is 10.1. The molecular formula is C21H21ClN4O2S. The Morgan fingerprint density at radius 2 is 2.14 bits per heavy atom. The van der Waals surface area contributed by atoms with Gasteiger partial charge in [-0.25, -0.2) is 9.97 Å². The number of rotatable bonds is 5. The van der Waals surface area contributed by atoms with E-state index in [0.717, 1.165) is 10.7 Å². The van der Waals surface area contributed by atoms with Crippen LogP contribution in [0.15, 0.2) is 54.2 Å². The largest absolute Gasteiger partial charge is 0.439 e. The van der Waals surface area contributed by atoms with Crippen molar-refractivity contribution in [3.05, 3.63) is 64.1 Å². The van der Waals surface area contributed by atoms with Gasteiger partial charge in [0.15, 0.2) is 0 Å². The molecule has 0 bridgehead atoms. The highest BCUT2D eigenvalue weighted by Crippen LogP contribution is 2.26. The molecule has 0 radical (unpaired) electrons. The number of nitrogens with zero attached hydrogens (tertiary/aromatic N) is 4. The minimum atomic E-state index is 0.100. The van der Waals surface area contributed by atoms with Gasteiger partial charge in [0.25, 0.3) is 0 Å². The molecule has 2 aromatic heterocycles. The standard InChI is InChI=1S/C21H21ClN4O2S/c1-15-13-25(7-8-26(15)21(27)11-18-6-3-9-29-18)19-12-20(24-14-23-19)28-17-5-2-4-16(22)10-17/h2-6,9-10,12,14-15H,7-8,11,13H2,1H3/t15-/m1/s1. The van der Waals surface area contributed by atoms with Gasteiger partial charge in [-0.05, 0) is 36.6 Å². The van der Waals surface area contributed by atoms with E-state index >= 15 is 0 Å². The first-order chi connectivity index (χ1) is 14.1. The first-order valence-electron chi connectivity index (χ1n) is 9.41. The Morgan fingerprint density at radius 1 is 1.24 bits per heavy atom. The van der Waals surface area contributed by atoms with Crippen LogP contribution in [0.2, 0.25) is 5.02 Å². The molecule has 1 aromatic carbocycles. The fraction of sp³-hybridized carbons (Fsp3) is 0.286. The second-order valence-corrected chi connectivity index (χ2v) is 8.38. The molecule has 1 amide bonds. The SMILES string of the molecule is C[C@@H]1CN(c2cc(Oc3cccc(Cl)c3)ncn2)CCN1C(=O)Cc1cccs1. The zero-order valence-corrected chi connectivity index (χ0v) is 17.6. The van der Waals surface area contributed by atoms with Gasteiger partial charge in [0.05, 0.1) is 6.42 Å². The van der Waals surface area contributed by atoms with E-state index in [-0.39, 0.29) is 11.9 Å². The van der Waals surface area contributed by atoms with Crippen LogP contribution in [0.4, 0.5) is 5.82 Å². The van der Waals surface area contributed by atoms with Gasteiger partial charge in [0.2, 0.25) is 11.8 Å². The number of thiophene rings is 1. The van der Waals surface area contributed by atoms with Gasteiger partial charge in [0.1, 0.15) is 17.9 Å². The molecule has 0 spiro atoms. The quantitative estimate of drug-likeness (QED) is 0.607. The highest BCUT2D eigenvalue weighted by molar-refractivity contribution is 7.10. The van der Waals surface area contributed by atoms with Crippen LogP contribution in [0.5, 0.6) is 11.6 Å². The average Bonchev–Trinajstić information content (AvgIpc) is 3.21. The summed E-state index contributed by atoms with van der Waals surface area (Å²) < 4.78 is 5.81. The fourth-order valence-electron chi connectivity index (χ4n) is 3.41.